The first-order chi connectivity index (χ1) is 27.2. The van der Waals surface area contributed by atoms with Crippen molar-refractivity contribution >= 4 is 0 Å². The van der Waals surface area contributed by atoms with Crippen LogP contribution in [0.1, 0.15) is 28.6 Å². The number of halogens is 7. The number of pyridine rings is 1. The Morgan fingerprint density at radius 1 is 0.603 bits per heavy atom. The number of benzene rings is 4. The third-order valence-corrected chi connectivity index (χ3v) is 8.56. The number of hydrogen-bond donors (Lipinski definition) is 0. The van der Waals surface area contributed by atoms with E-state index >= 15 is 0 Å². The third-order valence-electron chi connectivity index (χ3n) is 8.56. The second kappa shape index (κ2) is 18.3. The Kier molecular flexibility index (Phi) is 13.6. The van der Waals surface area contributed by atoms with Gasteiger partial charge >= 0.3 is 6.18 Å². The number of imidazole rings is 2. The maximum Gasteiger partial charge on any atom is 0.429 e. The van der Waals surface area contributed by atoms with Crippen LogP contribution in [0.25, 0.3) is 34.3 Å². The quantitative estimate of drug-likeness (QED) is 0.0997. The number of hydrogen-bond acceptors (Lipinski definition) is 3. The van der Waals surface area contributed by atoms with Crippen molar-refractivity contribution in [2.75, 3.05) is 0 Å². The molecule has 0 aliphatic rings. The van der Waals surface area contributed by atoms with Crippen molar-refractivity contribution in [1.82, 2.24) is 29.3 Å². The van der Waals surface area contributed by atoms with E-state index in [-0.39, 0.29) is 54.9 Å². The fraction of sp³-hybridized carbons (Fsp3) is 0.119. The molecule has 0 saturated carbocycles. The van der Waals surface area contributed by atoms with E-state index in [0.717, 1.165) is 34.2 Å². The molecule has 8 aromatic rings. The van der Waals surface area contributed by atoms with Gasteiger partial charge < -0.3 is 19.2 Å². The first kappa shape index (κ1) is 42.9. The van der Waals surface area contributed by atoms with E-state index in [1.165, 1.54) is 60.8 Å². The van der Waals surface area contributed by atoms with E-state index in [4.69, 9.17) is 0 Å². The first-order valence-corrected chi connectivity index (χ1v) is 17.0. The van der Waals surface area contributed by atoms with Crippen molar-refractivity contribution in [3.63, 3.8) is 0 Å². The molecule has 8 nitrogen and oxygen atoms in total. The molecule has 16 heteroatoms. The summed E-state index contributed by atoms with van der Waals surface area (Å²) >= 11 is 0. The van der Waals surface area contributed by atoms with Crippen LogP contribution in [-0.4, -0.2) is 24.2 Å². The van der Waals surface area contributed by atoms with Crippen LogP contribution in [0.5, 0.6) is 0 Å². The van der Waals surface area contributed by atoms with Crippen LogP contribution in [0.2, 0.25) is 0 Å². The second-order valence-electron chi connectivity index (χ2n) is 12.3. The van der Waals surface area contributed by atoms with Crippen LogP contribution in [-0.2, 0) is 26.3 Å². The van der Waals surface area contributed by atoms with Gasteiger partial charge in [-0.2, -0.15) is 37.4 Å². The van der Waals surface area contributed by atoms with Crippen LogP contribution < -0.4 is 14.2 Å². The average Bonchev–Trinajstić information content (AvgIpc) is 3.91. The molecule has 58 heavy (non-hydrogen) atoms. The monoisotopic (exact) mass is 972 g/mol. The first-order valence-electron chi connectivity index (χ1n) is 17.0. The normalized spacial score (nSPS) is 10.9. The van der Waals surface area contributed by atoms with E-state index in [1.807, 2.05) is 36.8 Å². The standard InChI is InChI=1S/2C17H13F2N2.C8H4F3N4.Ir/c2*1-12-13(2)21(17-9-5-15(19)6-10-17)11-20(12)16-7-3-14(18)4-8-16;9-8(10,11)7-13-6(14-15-7)5-3-1-2-4-12-5;/h2*3-9H,1-2H3;1-4H;/q3*-1;. The molecule has 0 N–H and O–H groups in total. The molecule has 299 valence electrons. The molecular formula is C42H30F7IrN8-3. The number of nitrogens with zero attached hydrogens (tertiary/aromatic N) is 8. The summed E-state index contributed by atoms with van der Waals surface area (Å²) in [5, 5.41) is 6.25. The van der Waals surface area contributed by atoms with Gasteiger partial charge in [0.05, 0.1) is 28.5 Å². The fourth-order valence-corrected chi connectivity index (χ4v) is 5.34. The van der Waals surface area contributed by atoms with Gasteiger partial charge in [-0.1, -0.05) is 6.07 Å². The molecule has 4 aromatic heterocycles. The van der Waals surface area contributed by atoms with Gasteiger partial charge in [0.15, 0.2) is 0 Å². The zero-order valence-electron chi connectivity index (χ0n) is 30.9. The van der Waals surface area contributed by atoms with Crippen molar-refractivity contribution in [1.29, 1.82) is 0 Å². The van der Waals surface area contributed by atoms with Crippen molar-refractivity contribution in [2.24, 2.45) is 0 Å². The van der Waals surface area contributed by atoms with Crippen LogP contribution in [0.15, 0.2) is 109 Å². The van der Waals surface area contributed by atoms with Crippen LogP contribution >= 0.6 is 0 Å². The molecule has 0 saturated heterocycles. The third kappa shape index (κ3) is 10.00. The molecule has 0 unspecified atom stereocenters. The molecule has 0 amide bonds. The maximum atomic E-state index is 13.0. The predicted octanol–water partition coefficient (Wildman–Crippen LogP) is 8.01. The molecule has 0 aliphatic carbocycles. The van der Waals surface area contributed by atoms with Gasteiger partial charge in [0.1, 0.15) is 17.5 Å². The Hall–Kier alpha value is -6.25. The van der Waals surface area contributed by atoms with Gasteiger partial charge in [0, 0.05) is 49.3 Å². The van der Waals surface area contributed by atoms with Crippen molar-refractivity contribution in [3.8, 4) is 34.3 Å². The SMILES string of the molecule is Cc1c(C)[n+](-c2ccc(F)cc2)[c-]n1-c1[c-]cc(F)cc1.Cc1c(C)[n+](-c2ccc(F)cc2)[c-]n1-c1[c-]cc(F)cc1.FC(F)(F)c1n[n-]c(-c2ccccn2)n1.[Ir]. The Balaban J connectivity index is 0.000000167. The zero-order valence-corrected chi connectivity index (χ0v) is 33.3. The predicted molar refractivity (Wildman–Crippen MR) is 192 cm³/mol. The number of rotatable bonds is 5. The van der Waals surface area contributed by atoms with E-state index in [1.54, 1.807) is 57.7 Å². The molecule has 4 heterocycles. The van der Waals surface area contributed by atoms with Crippen molar-refractivity contribution in [2.45, 2.75) is 33.9 Å². The minimum Gasteiger partial charge on any atom is -0.413 e. The molecule has 0 spiro atoms. The molecule has 8 rings (SSSR count). The molecular weight excluding hydrogens is 942 g/mol. The molecule has 0 atom stereocenters. The summed E-state index contributed by atoms with van der Waals surface area (Å²) < 4.78 is 95.7. The van der Waals surface area contributed by atoms with E-state index in [9.17, 15) is 30.7 Å². The van der Waals surface area contributed by atoms with Gasteiger partial charge in [0.2, 0.25) is 0 Å². The largest absolute Gasteiger partial charge is 0.429 e. The average molecular weight is 972 g/mol. The summed E-state index contributed by atoms with van der Waals surface area (Å²) in [6.07, 6.45) is 3.23. The molecule has 1 radical (unpaired) electrons. The Labute approximate surface area is 342 Å². The molecule has 0 fully saturated rings. The maximum absolute atomic E-state index is 13.0. The van der Waals surface area contributed by atoms with Crippen LogP contribution in [0.3, 0.4) is 0 Å². The van der Waals surface area contributed by atoms with Gasteiger partial charge in [-0.25, -0.2) is 8.78 Å². The van der Waals surface area contributed by atoms with Crippen molar-refractivity contribution < 1.29 is 60.0 Å². The smallest absolute Gasteiger partial charge is 0.413 e. The topological polar surface area (TPSA) is 70.4 Å². The van der Waals surface area contributed by atoms with Gasteiger partial charge in [0.25, 0.3) is 12.7 Å². The minimum absolute atomic E-state index is 0. The minimum atomic E-state index is -4.57. The van der Waals surface area contributed by atoms with E-state index < -0.39 is 12.0 Å². The zero-order chi connectivity index (χ0) is 40.9. The molecule has 0 aliphatic heterocycles. The second-order valence-corrected chi connectivity index (χ2v) is 12.3. The van der Waals surface area contributed by atoms with Gasteiger partial charge in [-0.15, -0.1) is 24.3 Å². The Morgan fingerprint density at radius 3 is 1.41 bits per heavy atom. The summed E-state index contributed by atoms with van der Waals surface area (Å²) in [5.74, 6) is -2.58. The van der Waals surface area contributed by atoms with Gasteiger partial charge in [-0.3, -0.25) is 28.0 Å². The van der Waals surface area contributed by atoms with E-state index in [2.05, 4.69) is 45.0 Å². The molecule has 0 bridgehead atoms. The summed E-state index contributed by atoms with van der Waals surface area (Å²) in [4.78, 5) is 7.05. The Bertz CT molecular complexity index is 2300. The summed E-state index contributed by atoms with van der Waals surface area (Å²) in [5.41, 5.74) is 7.18. The number of alkyl halides is 3. The van der Waals surface area contributed by atoms with E-state index in [0.29, 0.717) is 11.4 Å². The van der Waals surface area contributed by atoms with Crippen LogP contribution in [0, 0.1) is 75.8 Å². The summed E-state index contributed by atoms with van der Waals surface area (Å²) in [7, 11) is 0. The summed E-state index contributed by atoms with van der Waals surface area (Å²) in [6.45, 7) is 7.80. The van der Waals surface area contributed by atoms with Crippen molar-refractivity contribution in [3.05, 3.63) is 186 Å². The molecule has 4 aromatic carbocycles. The fourth-order valence-electron chi connectivity index (χ4n) is 5.34. The van der Waals surface area contributed by atoms with Crippen LogP contribution in [0.4, 0.5) is 30.7 Å². The summed E-state index contributed by atoms with van der Waals surface area (Å²) in [6, 6.07) is 31.6. The Morgan fingerprint density at radius 2 is 1.05 bits per heavy atom. The van der Waals surface area contributed by atoms with Gasteiger partial charge in [-0.05, 0) is 106 Å². The number of aromatic nitrogens is 8.